The largest absolute Gasteiger partial charge is 0.486 e. The second-order valence-electron chi connectivity index (χ2n) is 9.18. The summed E-state index contributed by atoms with van der Waals surface area (Å²) >= 11 is 0. The maximum absolute atomic E-state index is 13.6. The van der Waals surface area contributed by atoms with E-state index in [1.807, 2.05) is 30.3 Å². The van der Waals surface area contributed by atoms with Crippen LogP contribution in [-0.4, -0.2) is 32.0 Å². The van der Waals surface area contributed by atoms with E-state index in [9.17, 15) is 23.9 Å². The van der Waals surface area contributed by atoms with Gasteiger partial charge >= 0.3 is 5.97 Å². The van der Waals surface area contributed by atoms with Crippen molar-refractivity contribution in [3.05, 3.63) is 99.2 Å². The first kappa shape index (κ1) is 24.2. The van der Waals surface area contributed by atoms with E-state index < -0.39 is 22.9 Å². The van der Waals surface area contributed by atoms with Gasteiger partial charge in [-0.1, -0.05) is 42.5 Å². The van der Waals surface area contributed by atoms with E-state index in [1.54, 1.807) is 12.1 Å². The van der Waals surface area contributed by atoms with Gasteiger partial charge < -0.3 is 14.6 Å². The standard InChI is InChI=1S/C28H23FN2O6/c1-16(32)21-25(36-14-18-6-4-3-5-7-18)22-23-24(37-28(2,27(34)35)15-31(23)26(21)33)19(13-30-22)12-17-8-10-20(29)11-9-17/h3-11,13H,12,14-15H2,1-2H3,(H,34,35)/t28-/m1/s1. The van der Waals surface area contributed by atoms with Gasteiger partial charge in [-0.3, -0.25) is 19.1 Å². The van der Waals surface area contributed by atoms with Crippen LogP contribution in [0.1, 0.15) is 40.9 Å². The fraction of sp³-hybridized carbons (Fsp3) is 0.214. The Morgan fingerprint density at radius 2 is 1.84 bits per heavy atom. The Labute approximate surface area is 210 Å². The van der Waals surface area contributed by atoms with Crippen LogP contribution < -0.4 is 15.0 Å². The summed E-state index contributed by atoms with van der Waals surface area (Å²) in [6.07, 6.45) is 1.75. The van der Waals surface area contributed by atoms with Gasteiger partial charge in [0.15, 0.2) is 17.3 Å². The van der Waals surface area contributed by atoms with E-state index in [2.05, 4.69) is 4.98 Å². The number of halogens is 1. The smallest absolute Gasteiger partial charge is 0.349 e. The molecule has 0 spiro atoms. The SMILES string of the molecule is CC(=O)c1c(OCc2ccccc2)c2ncc(Cc3ccc(F)cc3)c3c2n(c1=O)C[C@](C)(C(=O)O)O3. The van der Waals surface area contributed by atoms with E-state index in [4.69, 9.17) is 9.47 Å². The first-order valence-corrected chi connectivity index (χ1v) is 11.6. The normalized spacial score (nSPS) is 16.3. The highest BCUT2D eigenvalue weighted by molar-refractivity contribution is 6.03. The summed E-state index contributed by atoms with van der Waals surface area (Å²) in [7, 11) is 0. The van der Waals surface area contributed by atoms with E-state index in [0.29, 0.717) is 5.56 Å². The minimum atomic E-state index is -1.77. The molecule has 1 atom stereocenters. The number of ether oxygens (including phenoxy) is 2. The monoisotopic (exact) mass is 502 g/mol. The number of carbonyl (C=O) groups excluding carboxylic acids is 1. The Morgan fingerprint density at radius 1 is 1.14 bits per heavy atom. The molecule has 0 unspecified atom stereocenters. The maximum Gasteiger partial charge on any atom is 0.349 e. The van der Waals surface area contributed by atoms with Crippen LogP contribution in [0, 0.1) is 5.82 Å². The van der Waals surface area contributed by atoms with Crippen LogP contribution in [0.4, 0.5) is 4.39 Å². The Kier molecular flexibility index (Phi) is 5.99. The average molecular weight is 502 g/mol. The molecule has 0 amide bonds. The molecular weight excluding hydrogens is 479 g/mol. The number of benzene rings is 2. The molecule has 8 nitrogen and oxygen atoms in total. The fourth-order valence-corrected chi connectivity index (χ4v) is 4.45. The van der Waals surface area contributed by atoms with Crippen LogP contribution >= 0.6 is 0 Å². The van der Waals surface area contributed by atoms with Gasteiger partial charge in [-0.15, -0.1) is 0 Å². The molecule has 2 aromatic carbocycles. The third-order valence-electron chi connectivity index (χ3n) is 6.38. The van der Waals surface area contributed by atoms with Gasteiger partial charge in [0.2, 0.25) is 5.60 Å². The number of aliphatic carboxylic acids is 1. The molecule has 5 rings (SSSR count). The third-order valence-corrected chi connectivity index (χ3v) is 6.38. The van der Waals surface area contributed by atoms with Crippen LogP contribution in [0.15, 0.2) is 65.6 Å². The highest BCUT2D eigenvalue weighted by atomic mass is 19.1. The summed E-state index contributed by atoms with van der Waals surface area (Å²) in [5.41, 5.74) is -0.137. The van der Waals surface area contributed by atoms with Gasteiger partial charge in [-0.25, -0.2) is 9.18 Å². The molecule has 0 saturated heterocycles. The number of Topliss-reactive ketones (excluding diaryl/α,β-unsaturated/α-hetero) is 1. The average Bonchev–Trinajstić information content (AvgIpc) is 2.87. The molecule has 3 heterocycles. The van der Waals surface area contributed by atoms with Crippen molar-refractivity contribution in [2.75, 3.05) is 0 Å². The molecule has 1 aliphatic rings. The zero-order chi connectivity index (χ0) is 26.3. The molecule has 1 aliphatic heterocycles. The fourth-order valence-electron chi connectivity index (χ4n) is 4.45. The minimum Gasteiger partial charge on any atom is -0.486 e. The highest BCUT2D eigenvalue weighted by Gasteiger charge is 2.43. The Balaban J connectivity index is 1.74. The van der Waals surface area contributed by atoms with Crippen molar-refractivity contribution in [1.29, 1.82) is 0 Å². The number of aromatic nitrogens is 2. The van der Waals surface area contributed by atoms with Crippen LogP contribution in [0.3, 0.4) is 0 Å². The molecule has 0 fully saturated rings. The lowest BCUT2D eigenvalue weighted by atomic mass is 9.99. The summed E-state index contributed by atoms with van der Waals surface area (Å²) < 4.78 is 26.7. The number of hydrogen-bond acceptors (Lipinski definition) is 6. The second-order valence-corrected chi connectivity index (χ2v) is 9.18. The molecule has 2 aromatic heterocycles. The molecular formula is C28H23FN2O6. The number of rotatable bonds is 7. The van der Waals surface area contributed by atoms with Crippen molar-refractivity contribution >= 4 is 22.8 Å². The highest BCUT2D eigenvalue weighted by Crippen LogP contribution is 2.40. The molecule has 37 heavy (non-hydrogen) atoms. The van der Waals surface area contributed by atoms with Crippen molar-refractivity contribution in [3.8, 4) is 11.5 Å². The second kappa shape index (κ2) is 9.16. The van der Waals surface area contributed by atoms with Crippen molar-refractivity contribution in [2.24, 2.45) is 0 Å². The number of hydrogen-bond donors (Lipinski definition) is 1. The van der Waals surface area contributed by atoms with Crippen molar-refractivity contribution in [2.45, 2.75) is 39.0 Å². The Morgan fingerprint density at radius 3 is 2.49 bits per heavy atom. The van der Waals surface area contributed by atoms with Crippen LogP contribution in [0.5, 0.6) is 11.5 Å². The van der Waals surface area contributed by atoms with Gasteiger partial charge in [-0.2, -0.15) is 0 Å². The summed E-state index contributed by atoms with van der Waals surface area (Å²) in [6, 6.07) is 15.1. The van der Waals surface area contributed by atoms with Crippen molar-refractivity contribution in [1.82, 2.24) is 9.55 Å². The quantitative estimate of drug-likeness (QED) is 0.379. The van der Waals surface area contributed by atoms with Crippen molar-refractivity contribution in [3.63, 3.8) is 0 Å². The Hall–Kier alpha value is -4.53. The Bertz CT molecular complexity index is 1600. The molecule has 9 heteroatoms. The number of carbonyl (C=O) groups is 2. The van der Waals surface area contributed by atoms with Gasteiger partial charge in [0, 0.05) is 18.2 Å². The summed E-state index contributed by atoms with van der Waals surface area (Å²) in [5, 5.41) is 9.93. The zero-order valence-electron chi connectivity index (χ0n) is 20.2. The molecule has 0 saturated carbocycles. The third kappa shape index (κ3) is 4.33. The number of carboxylic acids is 1. The van der Waals surface area contributed by atoms with Gasteiger partial charge in [0.1, 0.15) is 29.0 Å². The lowest BCUT2D eigenvalue weighted by Crippen LogP contribution is -2.50. The lowest BCUT2D eigenvalue weighted by molar-refractivity contribution is -0.155. The number of nitrogens with zero attached hydrogens (tertiary/aromatic N) is 2. The summed E-state index contributed by atoms with van der Waals surface area (Å²) in [4.78, 5) is 43.0. The zero-order valence-corrected chi connectivity index (χ0v) is 20.2. The van der Waals surface area contributed by atoms with Gasteiger partial charge in [-0.05, 0) is 37.1 Å². The van der Waals surface area contributed by atoms with Gasteiger partial charge in [0.05, 0.1) is 6.54 Å². The minimum absolute atomic E-state index is 0.0183. The van der Waals surface area contributed by atoms with Gasteiger partial charge in [0.25, 0.3) is 5.56 Å². The number of carboxylic acid groups (broad SMARTS) is 1. The lowest BCUT2D eigenvalue weighted by Gasteiger charge is -2.34. The number of ketones is 1. The van der Waals surface area contributed by atoms with Crippen LogP contribution in [0.25, 0.3) is 11.0 Å². The first-order valence-electron chi connectivity index (χ1n) is 11.6. The summed E-state index contributed by atoms with van der Waals surface area (Å²) in [6.45, 7) is 2.38. The predicted molar refractivity (Wildman–Crippen MR) is 133 cm³/mol. The predicted octanol–water partition coefficient (Wildman–Crippen LogP) is 4.14. The molecule has 188 valence electrons. The van der Waals surface area contributed by atoms with E-state index in [-0.39, 0.29) is 53.5 Å². The first-order chi connectivity index (χ1) is 17.7. The van der Waals surface area contributed by atoms with E-state index in [0.717, 1.165) is 11.1 Å². The maximum atomic E-state index is 13.6. The van der Waals surface area contributed by atoms with E-state index >= 15 is 0 Å². The molecule has 0 aliphatic carbocycles. The molecule has 0 radical (unpaired) electrons. The molecule has 1 N–H and O–H groups in total. The van der Waals surface area contributed by atoms with E-state index in [1.165, 1.54) is 36.7 Å². The number of pyridine rings is 2. The molecule has 4 aromatic rings. The van der Waals surface area contributed by atoms with Crippen LogP contribution in [0.2, 0.25) is 0 Å². The topological polar surface area (TPSA) is 108 Å². The van der Waals surface area contributed by atoms with Crippen molar-refractivity contribution < 1.29 is 28.6 Å². The summed E-state index contributed by atoms with van der Waals surface area (Å²) in [5.74, 6) is -2.01. The molecule has 0 bridgehead atoms. The van der Waals surface area contributed by atoms with Crippen LogP contribution in [-0.2, 0) is 24.4 Å².